The van der Waals surface area contributed by atoms with Crippen LogP contribution in [0.15, 0.2) is 6.07 Å². The average molecular weight is 248 g/mol. The van der Waals surface area contributed by atoms with Crippen molar-refractivity contribution in [3.63, 3.8) is 0 Å². The van der Waals surface area contributed by atoms with Crippen molar-refractivity contribution in [1.82, 2.24) is 9.97 Å². The lowest BCUT2D eigenvalue weighted by Crippen LogP contribution is -2.13. The third-order valence-corrected chi connectivity index (χ3v) is 3.47. The van der Waals surface area contributed by atoms with Gasteiger partial charge in [-0.3, -0.25) is 4.79 Å². The van der Waals surface area contributed by atoms with E-state index in [1.165, 1.54) is 39.2 Å². The van der Waals surface area contributed by atoms with Gasteiger partial charge in [0.1, 0.15) is 12.2 Å². The van der Waals surface area contributed by atoms with Crippen LogP contribution in [0.2, 0.25) is 0 Å². The molecule has 0 saturated heterocycles. The Kier molecular flexibility index (Phi) is 4.28. The van der Waals surface area contributed by atoms with E-state index < -0.39 is 0 Å². The number of methoxy groups -OCH3 is 1. The number of aromatic nitrogens is 2. The number of nitrogens with zero attached hydrogens (tertiary/aromatic N) is 2. The highest BCUT2D eigenvalue weighted by atomic mass is 16.5. The zero-order valence-electron chi connectivity index (χ0n) is 11.1. The maximum atomic E-state index is 11.3. The largest absolute Gasteiger partial charge is 0.469 e. The average Bonchev–Trinajstić information content (AvgIpc) is 2.39. The van der Waals surface area contributed by atoms with E-state index >= 15 is 0 Å². The first kappa shape index (κ1) is 13.0. The molecular weight excluding hydrogens is 228 g/mol. The summed E-state index contributed by atoms with van der Waals surface area (Å²) in [5.41, 5.74) is 2.03. The van der Waals surface area contributed by atoms with E-state index in [0.717, 1.165) is 11.4 Å². The van der Waals surface area contributed by atoms with Gasteiger partial charge in [0.2, 0.25) is 0 Å². The smallest absolute Gasteiger partial charge is 0.313 e. The monoisotopic (exact) mass is 248 g/mol. The molecule has 1 saturated carbocycles. The molecular formula is C14H20N2O2. The SMILES string of the molecule is COC(=O)Cc1nc(C)cc(C2CCCCC2)n1. The number of aryl methyl sites for hydroxylation is 1. The Bertz CT molecular complexity index is 426. The zero-order chi connectivity index (χ0) is 13.0. The Morgan fingerprint density at radius 1 is 1.33 bits per heavy atom. The van der Waals surface area contributed by atoms with Crippen LogP contribution in [0.3, 0.4) is 0 Å². The number of esters is 1. The Morgan fingerprint density at radius 2 is 2.06 bits per heavy atom. The van der Waals surface area contributed by atoms with Crippen LogP contribution in [0.1, 0.15) is 55.2 Å². The maximum Gasteiger partial charge on any atom is 0.313 e. The van der Waals surface area contributed by atoms with Gasteiger partial charge >= 0.3 is 5.97 Å². The van der Waals surface area contributed by atoms with Crippen LogP contribution in [0.5, 0.6) is 0 Å². The molecule has 0 amide bonds. The lowest BCUT2D eigenvalue weighted by molar-refractivity contribution is -0.139. The van der Waals surface area contributed by atoms with Gasteiger partial charge in [0.25, 0.3) is 0 Å². The molecule has 0 spiro atoms. The van der Waals surface area contributed by atoms with Gasteiger partial charge in [-0.05, 0) is 25.8 Å². The third-order valence-electron chi connectivity index (χ3n) is 3.47. The standard InChI is InChI=1S/C14H20N2O2/c1-10-8-12(11-6-4-3-5-7-11)16-13(15-10)9-14(17)18-2/h8,11H,3-7,9H2,1-2H3. The quantitative estimate of drug-likeness (QED) is 0.771. The second-order valence-electron chi connectivity index (χ2n) is 4.94. The summed E-state index contributed by atoms with van der Waals surface area (Å²) < 4.78 is 4.66. The molecule has 98 valence electrons. The van der Waals surface area contributed by atoms with E-state index in [2.05, 4.69) is 20.8 Å². The highest BCUT2D eigenvalue weighted by Gasteiger charge is 2.18. The fourth-order valence-electron chi connectivity index (χ4n) is 2.54. The zero-order valence-corrected chi connectivity index (χ0v) is 11.1. The molecule has 0 aromatic carbocycles. The molecule has 1 aromatic rings. The summed E-state index contributed by atoms with van der Waals surface area (Å²) in [6.07, 6.45) is 6.45. The summed E-state index contributed by atoms with van der Waals surface area (Å²) in [4.78, 5) is 20.1. The van der Waals surface area contributed by atoms with Gasteiger partial charge in [-0.1, -0.05) is 19.3 Å². The minimum Gasteiger partial charge on any atom is -0.469 e. The summed E-state index contributed by atoms with van der Waals surface area (Å²) in [7, 11) is 1.39. The molecule has 4 heteroatoms. The minimum absolute atomic E-state index is 0.165. The summed E-state index contributed by atoms with van der Waals surface area (Å²) in [6, 6.07) is 2.05. The first-order chi connectivity index (χ1) is 8.69. The summed E-state index contributed by atoms with van der Waals surface area (Å²) in [6.45, 7) is 1.95. The van der Waals surface area contributed by atoms with Crippen molar-refractivity contribution in [1.29, 1.82) is 0 Å². The van der Waals surface area contributed by atoms with Gasteiger partial charge in [-0.2, -0.15) is 0 Å². The number of hydrogen-bond donors (Lipinski definition) is 0. The molecule has 0 atom stereocenters. The molecule has 18 heavy (non-hydrogen) atoms. The van der Waals surface area contributed by atoms with Crippen LogP contribution < -0.4 is 0 Å². The van der Waals surface area contributed by atoms with Crippen molar-refractivity contribution in [3.05, 3.63) is 23.3 Å². The number of carbonyl (C=O) groups is 1. The molecule has 0 bridgehead atoms. The second-order valence-corrected chi connectivity index (χ2v) is 4.94. The van der Waals surface area contributed by atoms with E-state index in [9.17, 15) is 4.79 Å². The van der Waals surface area contributed by atoms with Gasteiger partial charge in [-0.15, -0.1) is 0 Å². The van der Waals surface area contributed by atoms with Gasteiger partial charge in [0, 0.05) is 17.3 Å². The molecule has 1 aliphatic rings. The lowest BCUT2D eigenvalue weighted by atomic mass is 9.86. The number of rotatable bonds is 3. The molecule has 1 aromatic heterocycles. The summed E-state index contributed by atoms with van der Waals surface area (Å²) in [5.74, 6) is 0.842. The highest BCUT2D eigenvalue weighted by molar-refractivity contribution is 5.71. The molecule has 2 rings (SSSR count). The molecule has 1 fully saturated rings. The number of carbonyl (C=O) groups excluding carboxylic acids is 1. The normalized spacial score (nSPS) is 16.6. The van der Waals surface area contributed by atoms with Crippen molar-refractivity contribution >= 4 is 5.97 Å². The van der Waals surface area contributed by atoms with Crippen LogP contribution in [-0.2, 0) is 16.0 Å². The molecule has 0 radical (unpaired) electrons. The molecule has 4 nitrogen and oxygen atoms in total. The molecule has 1 heterocycles. The van der Waals surface area contributed by atoms with E-state index in [1.807, 2.05) is 6.92 Å². The molecule has 1 aliphatic carbocycles. The Morgan fingerprint density at radius 3 is 2.72 bits per heavy atom. The lowest BCUT2D eigenvalue weighted by Gasteiger charge is -2.21. The van der Waals surface area contributed by atoms with E-state index in [1.54, 1.807) is 0 Å². The second kappa shape index (κ2) is 5.94. The Balaban J connectivity index is 2.17. The van der Waals surface area contributed by atoms with Gasteiger partial charge < -0.3 is 4.74 Å². The maximum absolute atomic E-state index is 11.3. The van der Waals surface area contributed by atoms with Crippen molar-refractivity contribution in [3.8, 4) is 0 Å². The molecule has 0 unspecified atom stereocenters. The first-order valence-electron chi connectivity index (χ1n) is 6.60. The van der Waals surface area contributed by atoms with Crippen molar-refractivity contribution in [2.24, 2.45) is 0 Å². The minimum atomic E-state index is -0.282. The predicted molar refractivity (Wildman–Crippen MR) is 68.3 cm³/mol. The van der Waals surface area contributed by atoms with Crippen LogP contribution in [-0.4, -0.2) is 23.0 Å². The number of hydrogen-bond acceptors (Lipinski definition) is 4. The third kappa shape index (κ3) is 3.28. The van der Waals surface area contributed by atoms with Gasteiger partial charge in [0.15, 0.2) is 0 Å². The fourth-order valence-corrected chi connectivity index (χ4v) is 2.54. The van der Waals surface area contributed by atoms with Crippen LogP contribution in [0, 0.1) is 6.92 Å². The first-order valence-corrected chi connectivity index (χ1v) is 6.60. The van der Waals surface area contributed by atoms with Crippen LogP contribution in [0.4, 0.5) is 0 Å². The fraction of sp³-hybridized carbons (Fsp3) is 0.643. The van der Waals surface area contributed by atoms with Gasteiger partial charge in [0.05, 0.1) is 7.11 Å². The van der Waals surface area contributed by atoms with E-state index in [0.29, 0.717) is 11.7 Å². The van der Waals surface area contributed by atoms with Crippen molar-refractivity contribution in [2.45, 2.75) is 51.4 Å². The molecule has 0 aliphatic heterocycles. The Hall–Kier alpha value is -1.45. The van der Waals surface area contributed by atoms with Crippen molar-refractivity contribution < 1.29 is 9.53 Å². The summed E-state index contributed by atoms with van der Waals surface area (Å²) in [5, 5.41) is 0. The summed E-state index contributed by atoms with van der Waals surface area (Å²) >= 11 is 0. The Labute approximate surface area is 108 Å². The van der Waals surface area contributed by atoms with Crippen LogP contribution in [0.25, 0.3) is 0 Å². The number of ether oxygens (including phenoxy) is 1. The topological polar surface area (TPSA) is 52.1 Å². The highest BCUT2D eigenvalue weighted by Crippen LogP contribution is 2.31. The van der Waals surface area contributed by atoms with E-state index in [-0.39, 0.29) is 12.4 Å². The predicted octanol–water partition coefficient (Wildman–Crippen LogP) is 2.55. The van der Waals surface area contributed by atoms with Crippen molar-refractivity contribution in [2.75, 3.05) is 7.11 Å². The van der Waals surface area contributed by atoms with E-state index in [4.69, 9.17) is 0 Å². The van der Waals surface area contributed by atoms with Crippen LogP contribution >= 0.6 is 0 Å². The molecule has 0 N–H and O–H groups in total. The van der Waals surface area contributed by atoms with Gasteiger partial charge in [-0.25, -0.2) is 9.97 Å².